The predicted molar refractivity (Wildman–Crippen MR) is 87.5 cm³/mol. The normalized spacial score (nSPS) is 28.9. The zero-order valence-electron chi connectivity index (χ0n) is 13.3. The van der Waals surface area contributed by atoms with Gasteiger partial charge in [-0.2, -0.15) is 0 Å². The maximum absolute atomic E-state index is 11.0. The van der Waals surface area contributed by atoms with Crippen LogP contribution in [-0.4, -0.2) is 34.6 Å². The van der Waals surface area contributed by atoms with Gasteiger partial charge in [0.2, 0.25) is 5.91 Å². The van der Waals surface area contributed by atoms with Gasteiger partial charge in [-0.15, -0.1) is 0 Å². The van der Waals surface area contributed by atoms with Crippen LogP contribution >= 0.6 is 0 Å². The maximum Gasteiger partial charge on any atom is 0.221 e. The third kappa shape index (κ3) is 3.50. The Balaban J connectivity index is 1.58. The lowest BCUT2D eigenvalue weighted by Crippen LogP contribution is -2.52. The SMILES string of the molecule is CC(=O)Nc1ccc(CN2CCC3(O)CCCCC3C2)cc1. The molecule has 4 nitrogen and oxygen atoms in total. The molecule has 1 aliphatic carbocycles. The molecule has 1 amide bonds. The lowest BCUT2D eigenvalue weighted by Gasteiger charge is -2.47. The first-order valence-electron chi connectivity index (χ1n) is 8.36. The largest absolute Gasteiger partial charge is 0.390 e. The highest BCUT2D eigenvalue weighted by atomic mass is 16.3. The molecule has 1 saturated heterocycles. The molecule has 3 rings (SSSR count). The van der Waals surface area contributed by atoms with E-state index in [1.807, 2.05) is 12.1 Å². The Bertz CT molecular complexity index is 528. The van der Waals surface area contributed by atoms with Crippen LogP contribution in [0.1, 0.15) is 44.6 Å². The van der Waals surface area contributed by atoms with Gasteiger partial charge in [0.1, 0.15) is 0 Å². The molecule has 1 aromatic rings. The molecule has 1 saturated carbocycles. The summed E-state index contributed by atoms with van der Waals surface area (Å²) in [5, 5.41) is 13.5. The molecule has 1 aromatic carbocycles. The number of carbonyl (C=O) groups excluding carboxylic acids is 1. The molecule has 2 aliphatic rings. The third-order valence-corrected chi connectivity index (χ3v) is 5.19. The summed E-state index contributed by atoms with van der Waals surface area (Å²) < 4.78 is 0. The fourth-order valence-corrected chi connectivity index (χ4v) is 3.94. The van der Waals surface area contributed by atoms with Gasteiger partial charge in [-0.25, -0.2) is 0 Å². The van der Waals surface area contributed by atoms with Gasteiger partial charge in [0.05, 0.1) is 5.60 Å². The van der Waals surface area contributed by atoms with Crippen molar-refractivity contribution in [2.24, 2.45) is 5.92 Å². The Labute approximate surface area is 132 Å². The van der Waals surface area contributed by atoms with Gasteiger partial charge < -0.3 is 10.4 Å². The zero-order chi connectivity index (χ0) is 15.6. The van der Waals surface area contributed by atoms with Crippen LogP contribution in [0, 0.1) is 5.92 Å². The molecule has 1 heterocycles. The summed E-state index contributed by atoms with van der Waals surface area (Å²) >= 11 is 0. The number of likely N-dealkylation sites (tertiary alicyclic amines) is 1. The number of nitrogens with zero attached hydrogens (tertiary/aromatic N) is 1. The Hall–Kier alpha value is -1.39. The highest BCUT2D eigenvalue weighted by molar-refractivity contribution is 5.88. The molecule has 0 spiro atoms. The quantitative estimate of drug-likeness (QED) is 0.902. The van der Waals surface area contributed by atoms with Gasteiger partial charge in [-0.05, 0) is 37.0 Å². The van der Waals surface area contributed by atoms with Crippen molar-refractivity contribution < 1.29 is 9.90 Å². The number of piperidine rings is 1. The minimum atomic E-state index is -0.399. The third-order valence-electron chi connectivity index (χ3n) is 5.19. The predicted octanol–water partition coefficient (Wildman–Crippen LogP) is 2.77. The summed E-state index contributed by atoms with van der Waals surface area (Å²) in [4.78, 5) is 13.5. The van der Waals surface area contributed by atoms with E-state index in [4.69, 9.17) is 0 Å². The van der Waals surface area contributed by atoms with E-state index in [1.165, 1.54) is 25.3 Å². The molecule has 120 valence electrons. The first-order valence-corrected chi connectivity index (χ1v) is 8.36. The Morgan fingerprint density at radius 3 is 2.82 bits per heavy atom. The standard InChI is InChI=1S/C18H26N2O2/c1-14(21)19-17-7-5-15(6-8-17)12-20-11-10-18(22)9-3-2-4-16(18)13-20/h5-8,16,22H,2-4,9-13H2,1H3,(H,19,21). The molecule has 2 unspecified atom stereocenters. The molecule has 1 aliphatic heterocycles. The van der Waals surface area contributed by atoms with E-state index in [1.54, 1.807) is 0 Å². The van der Waals surface area contributed by atoms with Gasteiger partial charge in [0.15, 0.2) is 0 Å². The van der Waals surface area contributed by atoms with Crippen molar-refractivity contribution in [1.29, 1.82) is 0 Å². The van der Waals surface area contributed by atoms with Crippen LogP contribution in [0.25, 0.3) is 0 Å². The molecule has 2 N–H and O–H groups in total. The van der Waals surface area contributed by atoms with E-state index < -0.39 is 5.60 Å². The van der Waals surface area contributed by atoms with Crippen LogP contribution in [0.15, 0.2) is 24.3 Å². The first-order chi connectivity index (χ1) is 10.5. The highest BCUT2D eigenvalue weighted by Crippen LogP contribution is 2.40. The number of hydrogen-bond donors (Lipinski definition) is 2. The average Bonchev–Trinajstić information content (AvgIpc) is 2.49. The Kier molecular flexibility index (Phi) is 4.50. The van der Waals surface area contributed by atoms with Crippen LogP contribution in [-0.2, 0) is 11.3 Å². The summed E-state index contributed by atoms with van der Waals surface area (Å²) in [7, 11) is 0. The van der Waals surface area contributed by atoms with E-state index in [2.05, 4.69) is 22.3 Å². The Morgan fingerprint density at radius 2 is 2.09 bits per heavy atom. The zero-order valence-corrected chi connectivity index (χ0v) is 13.3. The van der Waals surface area contributed by atoms with Gasteiger partial charge in [-0.3, -0.25) is 9.69 Å². The molecule has 0 bridgehead atoms. The van der Waals surface area contributed by atoms with Gasteiger partial charge in [-0.1, -0.05) is 25.0 Å². The molecule has 0 radical (unpaired) electrons. The summed E-state index contributed by atoms with van der Waals surface area (Å²) in [6, 6.07) is 8.06. The van der Waals surface area contributed by atoms with E-state index >= 15 is 0 Å². The van der Waals surface area contributed by atoms with Crippen LogP contribution in [0.4, 0.5) is 5.69 Å². The van der Waals surface area contributed by atoms with Crippen LogP contribution in [0.5, 0.6) is 0 Å². The van der Waals surface area contributed by atoms with E-state index in [0.717, 1.165) is 44.6 Å². The number of aliphatic hydroxyl groups is 1. The molecule has 2 atom stereocenters. The van der Waals surface area contributed by atoms with Crippen molar-refractivity contribution in [2.45, 2.75) is 51.2 Å². The smallest absolute Gasteiger partial charge is 0.221 e. The first kappa shape index (κ1) is 15.5. The fourth-order valence-electron chi connectivity index (χ4n) is 3.94. The van der Waals surface area contributed by atoms with Gasteiger partial charge in [0.25, 0.3) is 0 Å². The topological polar surface area (TPSA) is 52.6 Å². The van der Waals surface area contributed by atoms with Crippen molar-refractivity contribution in [3.63, 3.8) is 0 Å². The number of hydrogen-bond acceptors (Lipinski definition) is 3. The number of nitrogens with one attached hydrogen (secondary N) is 1. The number of carbonyl (C=O) groups is 1. The van der Waals surface area contributed by atoms with Crippen molar-refractivity contribution >= 4 is 11.6 Å². The number of fused-ring (bicyclic) bond motifs is 1. The second kappa shape index (κ2) is 6.39. The van der Waals surface area contributed by atoms with Crippen molar-refractivity contribution in [3.8, 4) is 0 Å². The average molecular weight is 302 g/mol. The molecular weight excluding hydrogens is 276 g/mol. The Morgan fingerprint density at radius 1 is 1.32 bits per heavy atom. The minimum absolute atomic E-state index is 0.0413. The number of anilines is 1. The highest BCUT2D eigenvalue weighted by Gasteiger charge is 2.42. The second-order valence-corrected chi connectivity index (χ2v) is 6.91. The molecule has 4 heteroatoms. The molecular formula is C18H26N2O2. The number of amides is 1. The van der Waals surface area contributed by atoms with Gasteiger partial charge >= 0.3 is 0 Å². The van der Waals surface area contributed by atoms with E-state index in [-0.39, 0.29) is 5.91 Å². The van der Waals surface area contributed by atoms with Crippen molar-refractivity contribution in [3.05, 3.63) is 29.8 Å². The summed E-state index contributed by atoms with van der Waals surface area (Å²) in [5.74, 6) is 0.397. The molecule has 0 aromatic heterocycles. The summed E-state index contributed by atoms with van der Waals surface area (Å²) in [6.45, 7) is 4.42. The monoisotopic (exact) mass is 302 g/mol. The van der Waals surface area contributed by atoms with E-state index in [9.17, 15) is 9.90 Å². The van der Waals surface area contributed by atoms with E-state index in [0.29, 0.717) is 5.92 Å². The van der Waals surface area contributed by atoms with Crippen molar-refractivity contribution in [1.82, 2.24) is 4.90 Å². The fraction of sp³-hybridized carbons (Fsp3) is 0.611. The summed E-state index contributed by atoms with van der Waals surface area (Å²) in [5.41, 5.74) is 1.70. The molecule has 22 heavy (non-hydrogen) atoms. The van der Waals surface area contributed by atoms with Crippen LogP contribution < -0.4 is 5.32 Å². The number of rotatable bonds is 3. The van der Waals surface area contributed by atoms with Crippen LogP contribution in [0.3, 0.4) is 0 Å². The summed E-state index contributed by atoms with van der Waals surface area (Å²) in [6.07, 6.45) is 5.48. The maximum atomic E-state index is 11.0. The number of benzene rings is 1. The lowest BCUT2D eigenvalue weighted by molar-refractivity contribution is -0.114. The van der Waals surface area contributed by atoms with Crippen LogP contribution in [0.2, 0.25) is 0 Å². The minimum Gasteiger partial charge on any atom is -0.390 e. The second-order valence-electron chi connectivity index (χ2n) is 6.91. The van der Waals surface area contributed by atoms with Crippen molar-refractivity contribution in [2.75, 3.05) is 18.4 Å². The molecule has 2 fully saturated rings. The lowest BCUT2D eigenvalue weighted by atomic mass is 9.71. The van der Waals surface area contributed by atoms with Gasteiger partial charge in [0, 0.05) is 38.2 Å².